The van der Waals surface area contributed by atoms with Gasteiger partial charge in [0.25, 0.3) is 0 Å². The number of rotatable bonds is 6. The third kappa shape index (κ3) is 5.28. The molecule has 0 saturated heterocycles. The van der Waals surface area contributed by atoms with Crippen LogP contribution in [0.15, 0.2) is 54.0 Å². The Morgan fingerprint density at radius 1 is 1.15 bits per heavy atom. The third-order valence-electron chi connectivity index (χ3n) is 3.64. The molecular formula is C17H23IN8. The van der Waals surface area contributed by atoms with Crippen LogP contribution in [0.5, 0.6) is 0 Å². The fourth-order valence-electron chi connectivity index (χ4n) is 2.32. The minimum atomic E-state index is 0. The number of benzene rings is 1. The maximum Gasteiger partial charge on any atom is 0.191 e. The van der Waals surface area contributed by atoms with Crippen molar-refractivity contribution in [3.63, 3.8) is 0 Å². The second-order valence-electron chi connectivity index (χ2n) is 5.48. The van der Waals surface area contributed by atoms with Crippen molar-refractivity contribution >= 4 is 29.9 Å². The first-order valence-corrected chi connectivity index (χ1v) is 8.20. The van der Waals surface area contributed by atoms with Crippen LogP contribution in [0.25, 0.3) is 5.69 Å². The number of hydrogen-bond acceptors (Lipinski definition) is 4. The van der Waals surface area contributed by atoms with Gasteiger partial charge in [-0.1, -0.05) is 18.2 Å². The molecule has 0 aliphatic heterocycles. The first-order valence-electron chi connectivity index (χ1n) is 8.20. The van der Waals surface area contributed by atoms with Crippen molar-refractivity contribution in [2.24, 2.45) is 12.0 Å². The summed E-state index contributed by atoms with van der Waals surface area (Å²) in [5, 5.41) is 14.9. The summed E-state index contributed by atoms with van der Waals surface area (Å²) in [5.41, 5.74) is 2.07. The van der Waals surface area contributed by atoms with Gasteiger partial charge in [-0.2, -0.15) is 10.2 Å². The normalized spacial score (nSPS) is 11.1. The number of halogens is 1. The van der Waals surface area contributed by atoms with Crippen molar-refractivity contribution in [2.75, 3.05) is 6.54 Å². The van der Waals surface area contributed by atoms with E-state index >= 15 is 0 Å². The largest absolute Gasteiger partial charge is 0.357 e. The van der Waals surface area contributed by atoms with Crippen molar-refractivity contribution in [1.29, 1.82) is 0 Å². The van der Waals surface area contributed by atoms with Crippen LogP contribution in [0.3, 0.4) is 0 Å². The van der Waals surface area contributed by atoms with Gasteiger partial charge in [-0.3, -0.25) is 4.68 Å². The van der Waals surface area contributed by atoms with Gasteiger partial charge in [0, 0.05) is 25.4 Å². The molecule has 1 aromatic carbocycles. The number of hydrogen-bond donors (Lipinski definition) is 2. The van der Waals surface area contributed by atoms with Gasteiger partial charge in [0.15, 0.2) is 5.96 Å². The van der Waals surface area contributed by atoms with Gasteiger partial charge in [-0.25, -0.2) is 14.7 Å². The van der Waals surface area contributed by atoms with Crippen LogP contribution in [-0.4, -0.2) is 37.0 Å². The van der Waals surface area contributed by atoms with Crippen LogP contribution >= 0.6 is 24.0 Å². The van der Waals surface area contributed by atoms with Gasteiger partial charge in [0.05, 0.1) is 25.0 Å². The van der Waals surface area contributed by atoms with Gasteiger partial charge in [-0.05, 0) is 19.1 Å². The molecule has 0 spiro atoms. The number of aryl methyl sites for hydroxylation is 1. The van der Waals surface area contributed by atoms with E-state index < -0.39 is 0 Å². The lowest BCUT2D eigenvalue weighted by Gasteiger charge is -2.10. The predicted molar refractivity (Wildman–Crippen MR) is 112 cm³/mol. The second-order valence-corrected chi connectivity index (χ2v) is 5.48. The fraction of sp³-hybridized carbons (Fsp3) is 0.294. The maximum absolute atomic E-state index is 4.60. The zero-order valence-corrected chi connectivity index (χ0v) is 17.2. The van der Waals surface area contributed by atoms with Gasteiger partial charge in [-0.15, -0.1) is 24.0 Å². The Kier molecular flexibility index (Phi) is 7.57. The van der Waals surface area contributed by atoms with E-state index in [2.05, 4.69) is 30.8 Å². The third-order valence-corrected chi connectivity index (χ3v) is 3.64. The lowest BCUT2D eigenvalue weighted by atomic mass is 10.3. The average Bonchev–Trinajstić information content (AvgIpc) is 3.27. The first-order chi connectivity index (χ1) is 12.3. The molecule has 9 heteroatoms. The molecule has 2 aromatic heterocycles. The lowest BCUT2D eigenvalue weighted by Crippen LogP contribution is -2.37. The van der Waals surface area contributed by atoms with Crippen LogP contribution < -0.4 is 10.6 Å². The monoisotopic (exact) mass is 466 g/mol. The van der Waals surface area contributed by atoms with Crippen molar-refractivity contribution < 1.29 is 0 Å². The Morgan fingerprint density at radius 2 is 1.96 bits per heavy atom. The molecule has 0 unspecified atom stereocenters. The van der Waals surface area contributed by atoms with Crippen molar-refractivity contribution in [2.45, 2.75) is 20.0 Å². The smallest absolute Gasteiger partial charge is 0.191 e. The van der Waals surface area contributed by atoms with Crippen molar-refractivity contribution in [3.8, 4) is 5.69 Å². The Labute approximate surface area is 169 Å². The summed E-state index contributed by atoms with van der Waals surface area (Å²) in [6.07, 6.45) is 5.37. The molecule has 3 aromatic rings. The molecule has 138 valence electrons. The molecular weight excluding hydrogens is 443 g/mol. The number of guanidine groups is 1. The van der Waals surface area contributed by atoms with E-state index in [1.54, 1.807) is 11.0 Å². The highest BCUT2D eigenvalue weighted by atomic mass is 127. The zero-order chi connectivity index (χ0) is 17.5. The highest BCUT2D eigenvalue weighted by Gasteiger charge is 2.04. The van der Waals surface area contributed by atoms with E-state index in [0.29, 0.717) is 13.1 Å². The minimum Gasteiger partial charge on any atom is -0.357 e. The summed E-state index contributed by atoms with van der Waals surface area (Å²) in [6.45, 7) is 3.92. The molecule has 0 aliphatic rings. The molecule has 3 rings (SSSR count). The zero-order valence-electron chi connectivity index (χ0n) is 14.8. The Hall–Kier alpha value is -2.43. The lowest BCUT2D eigenvalue weighted by molar-refractivity contribution is 0.673. The summed E-state index contributed by atoms with van der Waals surface area (Å²) in [5.74, 6) is 1.58. The van der Waals surface area contributed by atoms with Gasteiger partial charge in [0.2, 0.25) is 0 Å². The molecule has 0 bridgehead atoms. The molecule has 0 atom stereocenters. The SMILES string of the molecule is CCNC(=NCc1cnn(-c2ccccc2)c1)NCc1ncnn1C.I. The number of para-hydroxylation sites is 1. The van der Waals surface area contributed by atoms with E-state index in [4.69, 9.17) is 0 Å². The van der Waals surface area contributed by atoms with E-state index in [-0.39, 0.29) is 24.0 Å². The quantitative estimate of drug-likeness (QED) is 0.329. The Morgan fingerprint density at radius 3 is 2.65 bits per heavy atom. The number of aliphatic imine (C=N–C) groups is 1. The van der Waals surface area contributed by atoms with Gasteiger partial charge < -0.3 is 10.6 Å². The van der Waals surface area contributed by atoms with Crippen molar-refractivity contribution in [1.82, 2.24) is 35.2 Å². The van der Waals surface area contributed by atoms with E-state index in [0.717, 1.165) is 29.6 Å². The highest BCUT2D eigenvalue weighted by molar-refractivity contribution is 14.0. The van der Waals surface area contributed by atoms with E-state index in [1.807, 2.05) is 61.4 Å². The molecule has 26 heavy (non-hydrogen) atoms. The van der Waals surface area contributed by atoms with Crippen LogP contribution in [0, 0.1) is 0 Å². The highest BCUT2D eigenvalue weighted by Crippen LogP contribution is 2.08. The summed E-state index contributed by atoms with van der Waals surface area (Å²) in [7, 11) is 1.87. The Bertz CT molecular complexity index is 824. The van der Waals surface area contributed by atoms with Crippen molar-refractivity contribution in [3.05, 3.63) is 60.4 Å². The topological polar surface area (TPSA) is 84.9 Å². The molecule has 8 nitrogen and oxygen atoms in total. The predicted octanol–water partition coefficient (Wildman–Crippen LogP) is 1.87. The van der Waals surface area contributed by atoms with E-state index in [1.165, 1.54) is 0 Å². The van der Waals surface area contributed by atoms with Crippen LogP contribution in [0.4, 0.5) is 0 Å². The number of nitrogens with one attached hydrogen (secondary N) is 2. The summed E-state index contributed by atoms with van der Waals surface area (Å²) in [4.78, 5) is 8.80. The summed E-state index contributed by atoms with van der Waals surface area (Å²) in [6, 6.07) is 10.0. The fourth-order valence-corrected chi connectivity index (χ4v) is 2.32. The van der Waals surface area contributed by atoms with Crippen LogP contribution in [0.1, 0.15) is 18.3 Å². The molecule has 2 N–H and O–H groups in total. The molecule has 0 aliphatic carbocycles. The number of nitrogens with zero attached hydrogens (tertiary/aromatic N) is 6. The molecule has 0 saturated carbocycles. The van der Waals surface area contributed by atoms with Gasteiger partial charge >= 0.3 is 0 Å². The van der Waals surface area contributed by atoms with Crippen LogP contribution in [0.2, 0.25) is 0 Å². The van der Waals surface area contributed by atoms with Crippen LogP contribution in [-0.2, 0) is 20.1 Å². The van der Waals surface area contributed by atoms with Gasteiger partial charge in [0.1, 0.15) is 12.2 Å². The standard InChI is InChI=1S/C17H22N8.HI/c1-3-18-17(20-11-16-21-13-23-24(16)2)19-9-14-10-22-25(12-14)15-7-5-4-6-8-15;/h4-8,10,12-13H,3,9,11H2,1-2H3,(H2,18,19,20);1H. The van der Waals surface area contributed by atoms with E-state index in [9.17, 15) is 0 Å². The summed E-state index contributed by atoms with van der Waals surface area (Å²) >= 11 is 0. The molecule has 0 amide bonds. The average molecular weight is 466 g/mol. The molecule has 0 fully saturated rings. The Balaban J connectivity index is 0.00000243. The summed E-state index contributed by atoms with van der Waals surface area (Å²) < 4.78 is 3.59. The maximum atomic E-state index is 4.60. The first kappa shape index (κ1) is 19.9. The molecule has 2 heterocycles. The molecule has 0 radical (unpaired) electrons. The second kappa shape index (κ2) is 9.90. The minimum absolute atomic E-state index is 0. The number of aromatic nitrogens is 5.